The highest BCUT2D eigenvalue weighted by Gasteiger charge is 2.17. The van der Waals surface area contributed by atoms with E-state index in [4.69, 9.17) is 4.74 Å². The summed E-state index contributed by atoms with van der Waals surface area (Å²) in [6.07, 6.45) is 4.31. The Bertz CT molecular complexity index is 215. The molecule has 0 bridgehead atoms. The van der Waals surface area contributed by atoms with Crippen LogP contribution in [0.5, 0.6) is 0 Å². The average Bonchev–Trinajstić information content (AvgIpc) is 2.75. The summed E-state index contributed by atoms with van der Waals surface area (Å²) in [7, 11) is 3.33. The highest BCUT2D eigenvalue weighted by molar-refractivity contribution is 5.73. The molecule has 5 heteroatoms. The van der Waals surface area contributed by atoms with Crippen molar-refractivity contribution in [3.05, 3.63) is 0 Å². The lowest BCUT2D eigenvalue weighted by Gasteiger charge is -2.17. The van der Waals surface area contributed by atoms with Gasteiger partial charge in [-0.2, -0.15) is 0 Å². The summed E-state index contributed by atoms with van der Waals surface area (Å²) in [6, 6.07) is -0.195. The maximum absolute atomic E-state index is 11.2. The predicted octanol–water partition coefficient (Wildman–Crippen LogP) is 0.578. The first-order chi connectivity index (χ1) is 7.59. The van der Waals surface area contributed by atoms with Gasteiger partial charge < -0.3 is 20.1 Å². The van der Waals surface area contributed by atoms with Crippen LogP contribution in [0.2, 0.25) is 0 Å². The SMILES string of the molecule is CN(C)C(=O)NCC(O)COC1CCCC1. The quantitative estimate of drug-likeness (QED) is 0.726. The molecule has 0 heterocycles. The fourth-order valence-corrected chi connectivity index (χ4v) is 1.72. The van der Waals surface area contributed by atoms with E-state index in [9.17, 15) is 9.90 Å². The van der Waals surface area contributed by atoms with Gasteiger partial charge in [0.2, 0.25) is 0 Å². The molecule has 1 atom stereocenters. The topological polar surface area (TPSA) is 61.8 Å². The maximum Gasteiger partial charge on any atom is 0.316 e. The fourth-order valence-electron chi connectivity index (χ4n) is 1.72. The molecule has 1 unspecified atom stereocenters. The van der Waals surface area contributed by atoms with Crippen LogP contribution >= 0.6 is 0 Å². The van der Waals surface area contributed by atoms with Crippen molar-refractivity contribution in [3.8, 4) is 0 Å². The summed E-state index contributed by atoms with van der Waals surface area (Å²) in [5.74, 6) is 0. The number of amides is 2. The Morgan fingerprint density at radius 2 is 2.12 bits per heavy atom. The van der Waals surface area contributed by atoms with E-state index in [0.717, 1.165) is 12.8 Å². The van der Waals surface area contributed by atoms with Crippen LogP contribution in [-0.2, 0) is 4.74 Å². The number of aliphatic hydroxyl groups excluding tert-OH is 1. The Kier molecular flexibility index (Phi) is 5.55. The normalized spacial score (nSPS) is 18.4. The lowest BCUT2D eigenvalue weighted by Crippen LogP contribution is -2.40. The van der Waals surface area contributed by atoms with Crippen molar-refractivity contribution < 1.29 is 14.6 Å². The predicted molar refractivity (Wildman–Crippen MR) is 61.3 cm³/mol. The van der Waals surface area contributed by atoms with E-state index in [2.05, 4.69) is 5.32 Å². The second kappa shape index (κ2) is 6.70. The first-order valence-electron chi connectivity index (χ1n) is 5.84. The summed E-state index contributed by atoms with van der Waals surface area (Å²) in [5, 5.41) is 12.2. The van der Waals surface area contributed by atoms with E-state index >= 15 is 0 Å². The molecular weight excluding hydrogens is 208 g/mol. The van der Waals surface area contributed by atoms with Crippen LogP contribution in [0.4, 0.5) is 4.79 Å². The Labute approximate surface area is 96.8 Å². The zero-order valence-electron chi connectivity index (χ0n) is 10.1. The molecule has 2 amide bonds. The second-order valence-corrected chi connectivity index (χ2v) is 4.47. The van der Waals surface area contributed by atoms with Crippen LogP contribution in [0.25, 0.3) is 0 Å². The van der Waals surface area contributed by atoms with E-state index < -0.39 is 6.10 Å². The van der Waals surface area contributed by atoms with Crippen molar-refractivity contribution in [2.45, 2.75) is 37.9 Å². The molecule has 0 saturated heterocycles. The van der Waals surface area contributed by atoms with Gasteiger partial charge in [-0.3, -0.25) is 0 Å². The van der Waals surface area contributed by atoms with E-state index in [1.54, 1.807) is 14.1 Å². The number of ether oxygens (including phenoxy) is 1. The van der Waals surface area contributed by atoms with Crippen LogP contribution < -0.4 is 5.32 Å². The molecule has 1 saturated carbocycles. The second-order valence-electron chi connectivity index (χ2n) is 4.47. The number of hydrogen-bond acceptors (Lipinski definition) is 3. The maximum atomic E-state index is 11.2. The van der Waals surface area contributed by atoms with Gasteiger partial charge in [0, 0.05) is 20.6 Å². The fraction of sp³-hybridized carbons (Fsp3) is 0.909. The van der Waals surface area contributed by atoms with Crippen molar-refractivity contribution in [3.63, 3.8) is 0 Å². The third-order valence-corrected chi connectivity index (χ3v) is 2.72. The minimum Gasteiger partial charge on any atom is -0.389 e. The summed E-state index contributed by atoms with van der Waals surface area (Å²) < 4.78 is 5.54. The monoisotopic (exact) mass is 230 g/mol. The van der Waals surface area contributed by atoms with Crippen LogP contribution in [0, 0.1) is 0 Å². The Balaban J connectivity index is 2.06. The molecule has 1 aliphatic carbocycles. The summed E-state index contributed by atoms with van der Waals surface area (Å²) >= 11 is 0. The molecule has 1 rings (SSSR count). The molecule has 1 aliphatic rings. The van der Waals surface area contributed by atoms with E-state index in [0.29, 0.717) is 12.7 Å². The molecule has 0 aromatic rings. The van der Waals surface area contributed by atoms with Gasteiger partial charge in [0.05, 0.1) is 18.8 Å². The number of nitrogens with one attached hydrogen (secondary N) is 1. The van der Waals surface area contributed by atoms with E-state index in [-0.39, 0.29) is 12.6 Å². The molecule has 16 heavy (non-hydrogen) atoms. The third kappa shape index (κ3) is 4.81. The van der Waals surface area contributed by atoms with Gasteiger partial charge in [0.15, 0.2) is 0 Å². The van der Waals surface area contributed by atoms with Gasteiger partial charge in [-0.15, -0.1) is 0 Å². The standard InChI is InChI=1S/C11H22N2O3/c1-13(2)11(15)12-7-9(14)8-16-10-5-3-4-6-10/h9-10,14H,3-8H2,1-2H3,(H,12,15). The van der Waals surface area contributed by atoms with Crippen LogP contribution in [0.15, 0.2) is 0 Å². The van der Waals surface area contributed by atoms with Crippen molar-refractivity contribution in [1.82, 2.24) is 10.2 Å². The first kappa shape index (κ1) is 13.3. The number of rotatable bonds is 5. The lowest BCUT2D eigenvalue weighted by atomic mass is 10.3. The van der Waals surface area contributed by atoms with Crippen LogP contribution in [-0.4, -0.2) is 55.5 Å². The highest BCUT2D eigenvalue weighted by atomic mass is 16.5. The van der Waals surface area contributed by atoms with Crippen molar-refractivity contribution >= 4 is 6.03 Å². The average molecular weight is 230 g/mol. The minimum atomic E-state index is -0.621. The number of nitrogens with zero attached hydrogens (tertiary/aromatic N) is 1. The molecule has 0 aromatic heterocycles. The molecular formula is C11H22N2O3. The molecule has 0 spiro atoms. The molecule has 2 N–H and O–H groups in total. The largest absolute Gasteiger partial charge is 0.389 e. The van der Waals surface area contributed by atoms with Gasteiger partial charge >= 0.3 is 6.03 Å². The summed E-state index contributed by atoms with van der Waals surface area (Å²) in [5.41, 5.74) is 0. The van der Waals surface area contributed by atoms with Gasteiger partial charge in [0.25, 0.3) is 0 Å². The van der Waals surface area contributed by atoms with Gasteiger partial charge in [-0.05, 0) is 12.8 Å². The molecule has 1 fully saturated rings. The summed E-state index contributed by atoms with van der Waals surface area (Å²) in [6.45, 7) is 0.544. The summed E-state index contributed by atoms with van der Waals surface area (Å²) in [4.78, 5) is 12.6. The molecule has 5 nitrogen and oxygen atoms in total. The number of carbonyl (C=O) groups is 1. The molecule has 0 radical (unpaired) electrons. The first-order valence-corrected chi connectivity index (χ1v) is 5.84. The number of carbonyl (C=O) groups excluding carboxylic acids is 1. The van der Waals surface area contributed by atoms with Crippen molar-refractivity contribution in [2.75, 3.05) is 27.2 Å². The Morgan fingerprint density at radius 3 is 2.69 bits per heavy atom. The zero-order valence-corrected chi connectivity index (χ0v) is 10.1. The molecule has 94 valence electrons. The Morgan fingerprint density at radius 1 is 1.50 bits per heavy atom. The van der Waals surface area contributed by atoms with Crippen LogP contribution in [0.1, 0.15) is 25.7 Å². The van der Waals surface area contributed by atoms with Gasteiger partial charge in [-0.1, -0.05) is 12.8 Å². The van der Waals surface area contributed by atoms with Gasteiger partial charge in [0.1, 0.15) is 0 Å². The minimum absolute atomic E-state index is 0.195. The number of hydrogen-bond donors (Lipinski definition) is 2. The number of aliphatic hydroxyl groups is 1. The molecule has 0 aliphatic heterocycles. The number of urea groups is 1. The van der Waals surface area contributed by atoms with E-state index in [1.165, 1.54) is 17.7 Å². The smallest absolute Gasteiger partial charge is 0.316 e. The molecule has 0 aromatic carbocycles. The lowest BCUT2D eigenvalue weighted by molar-refractivity contribution is -0.00472. The van der Waals surface area contributed by atoms with Crippen molar-refractivity contribution in [2.24, 2.45) is 0 Å². The zero-order chi connectivity index (χ0) is 12.0. The van der Waals surface area contributed by atoms with Gasteiger partial charge in [-0.25, -0.2) is 4.79 Å². The van der Waals surface area contributed by atoms with E-state index in [1.807, 2.05) is 0 Å². The van der Waals surface area contributed by atoms with Crippen LogP contribution in [0.3, 0.4) is 0 Å². The van der Waals surface area contributed by atoms with Crippen molar-refractivity contribution in [1.29, 1.82) is 0 Å². The third-order valence-electron chi connectivity index (χ3n) is 2.72. The Hall–Kier alpha value is -0.810. The highest BCUT2D eigenvalue weighted by Crippen LogP contribution is 2.20.